The molecule has 2 amide bonds. The molecule has 0 bridgehead atoms. The molecule has 1 saturated heterocycles. The van der Waals surface area contributed by atoms with Crippen LogP contribution in [0.15, 0.2) is 22.7 Å². The van der Waals surface area contributed by atoms with E-state index in [9.17, 15) is 18.8 Å². The van der Waals surface area contributed by atoms with Gasteiger partial charge in [0, 0.05) is 17.6 Å². The van der Waals surface area contributed by atoms with Gasteiger partial charge in [-0.3, -0.25) is 9.59 Å². The SMILES string of the molecule is NC(=O)[C@H]1CCCN(C(=O)COC(=O)c2ccc(Br)cc2F)C1. The molecule has 8 heteroatoms. The molecule has 6 nitrogen and oxygen atoms in total. The van der Waals surface area contributed by atoms with Crippen LogP contribution >= 0.6 is 15.9 Å². The van der Waals surface area contributed by atoms with Crippen molar-refractivity contribution in [1.82, 2.24) is 4.90 Å². The van der Waals surface area contributed by atoms with Gasteiger partial charge in [0.2, 0.25) is 5.91 Å². The van der Waals surface area contributed by atoms with Crippen LogP contribution in [0.1, 0.15) is 23.2 Å². The van der Waals surface area contributed by atoms with Crippen molar-refractivity contribution in [3.05, 3.63) is 34.1 Å². The molecular formula is C15H16BrFN2O4. The molecule has 124 valence electrons. The fraction of sp³-hybridized carbons (Fsp3) is 0.400. The summed E-state index contributed by atoms with van der Waals surface area (Å²) in [6, 6.07) is 3.92. The standard InChI is InChI=1S/C15H16BrFN2O4/c16-10-3-4-11(12(17)6-10)15(22)23-8-13(20)19-5-1-2-9(7-19)14(18)21/h3-4,6,9H,1-2,5,7-8H2,(H2,18,21)/t9-/m0/s1. The number of likely N-dealkylation sites (tertiary alicyclic amines) is 1. The number of ether oxygens (including phenoxy) is 1. The molecule has 1 aromatic rings. The van der Waals surface area contributed by atoms with Gasteiger partial charge in [-0.2, -0.15) is 0 Å². The van der Waals surface area contributed by atoms with Crippen molar-refractivity contribution in [3.8, 4) is 0 Å². The second-order valence-electron chi connectivity index (χ2n) is 5.28. The van der Waals surface area contributed by atoms with Gasteiger partial charge in [0.15, 0.2) is 6.61 Å². The lowest BCUT2D eigenvalue weighted by atomic mass is 9.97. The van der Waals surface area contributed by atoms with Crippen LogP contribution < -0.4 is 5.73 Å². The van der Waals surface area contributed by atoms with Gasteiger partial charge in [-0.15, -0.1) is 0 Å². The molecule has 0 radical (unpaired) electrons. The van der Waals surface area contributed by atoms with Gasteiger partial charge in [0.25, 0.3) is 5.91 Å². The normalized spacial score (nSPS) is 17.7. The number of hydrogen-bond donors (Lipinski definition) is 1. The van der Waals surface area contributed by atoms with E-state index in [0.717, 1.165) is 6.07 Å². The lowest BCUT2D eigenvalue weighted by Crippen LogP contribution is -2.45. The Bertz CT molecular complexity index is 638. The zero-order valence-corrected chi connectivity index (χ0v) is 13.8. The molecule has 1 heterocycles. The number of hydrogen-bond acceptors (Lipinski definition) is 4. The summed E-state index contributed by atoms with van der Waals surface area (Å²) in [6.07, 6.45) is 1.30. The molecule has 1 aromatic carbocycles. The predicted molar refractivity (Wildman–Crippen MR) is 82.9 cm³/mol. The maximum Gasteiger partial charge on any atom is 0.341 e. The smallest absolute Gasteiger partial charge is 0.341 e. The first-order valence-corrected chi connectivity index (χ1v) is 7.87. The molecule has 0 aromatic heterocycles. The number of piperidine rings is 1. The van der Waals surface area contributed by atoms with Crippen LogP contribution in [-0.2, 0) is 14.3 Å². The summed E-state index contributed by atoms with van der Waals surface area (Å²) in [6.45, 7) is 0.199. The lowest BCUT2D eigenvalue weighted by molar-refractivity contribution is -0.137. The van der Waals surface area contributed by atoms with Crippen molar-refractivity contribution in [2.75, 3.05) is 19.7 Å². The molecule has 0 saturated carbocycles. The minimum Gasteiger partial charge on any atom is -0.452 e. The van der Waals surface area contributed by atoms with E-state index >= 15 is 0 Å². The Morgan fingerprint density at radius 2 is 2.13 bits per heavy atom. The van der Waals surface area contributed by atoms with Crippen LogP contribution in [0.4, 0.5) is 4.39 Å². The highest BCUT2D eigenvalue weighted by molar-refractivity contribution is 9.10. The molecule has 0 unspecified atom stereocenters. The first-order chi connectivity index (χ1) is 10.9. The monoisotopic (exact) mass is 386 g/mol. The highest BCUT2D eigenvalue weighted by atomic mass is 79.9. The van der Waals surface area contributed by atoms with Crippen LogP contribution in [0.3, 0.4) is 0 Å². The summed E-state index contributed by atoms with van der Waals surface area (Å²) >= 11 is 3.09. The number of carbonyl (C=O) groups is 3. The minimum absolute atomic E-state index is 0.221. The van der Waals surface area contributed by atoms with Gasteiger partial charge < -0.3 is 15.4 Å². The van der Waals surface area contributed by atoms with Gasteiger partial charge in [0.1, 0.15) is 5.82 Å². The summed E-state index contributed by atoms with van der Waals surface area (Å²) in [4.78, 5) is 36.5. The molecule has 2 N–H and O–H groups in total. The van der Waals surface area contributed by atoms with Gasteiger partial charge >= 0.3 is 5.97 Å². The molecule has 1 fully saturated rings. The lowest BCUT2D eigenvalue weighted by Gasteiger charge is -2.31. The molecular weight excluding hydrogens is 371 g/mol. The number of nitrogens with two attached hydrogens (primary N) is 1. The maximum atomic E-state index is 13.6. The number of halogens is 2. The third-order valence-electron chi connectivity index (χ3n) is 3.65. The fourth-order valence-electron chi connectivity index (χ4n) is 2.39. The van der Waals surface area contributed by atoms with E-state index in [1.54, 1.807) is 0 Å². The van der Waals surface area contributed by atoms with Gasteiger partial charge in [-0.05, 0) is 31.0 Å². The topological polar surface area (TPSA) is 89.7 Å². The summed E-state index contributed by atoms with van der Waals surface area (Å²) < 4.78 is 19.0. The van der Waals surface area contributed by atoms with Crippen molar-refractivity contribution >= 4 is 33.7 Å². The van der Waals surface area contributed by atoms with Gasteiger partial charge in [-0.25, -0.2) is 9.18 Å². The second-order valence-corrected chi connectivity index (χ2v) is 6.20. The summed E-state index contributed by atoms with van der Waals surface area (Å²) in [5.74, 6) is -2.90. The predicted octanol–water partition coefficient (Wildman–Crippen LogP) is 1.47. The number of primary amides is 1. The van der Waals surface area contributed by atoms with Crippen molar-refractivity contribution in [1.29, 1.82) is 0 Å². The molecule has 23 heavy (non-hydrogen) atoms. The molecule has 0 aliphatic carbocycles. The van der Waals surface area contributed by atoms with Crippen LogP contribution in [0.2, 0.25) is 0 Å². The largest absolute Gasteiger partial charge is 0.452 e. The highest BCUT2D eigenvalue weighted by Gasteiger charge is 2.27. The first kappa shape index (κ1) is 17.4. The Labute approximate surface area is 140 Å². The molecule has 0 spiro atoms. The maximum absolute atomic E-state index is 13.6. The van der Waals surface area contributed by atoms with Crippen LogP contribution in [0.25, 0.3) is 0 Å². The van der Waals surface area contributed by atoms with Crippen molar-refractivity contribution in [2.45, 2.75) is 12.8 Å². The number of esters is 1. The van der Waals surface area contributed by atoms with E-state index in [-0.39, 0.29) is 18.0 Å². The van der Waals surface area contributed by atoms with Crippen LogP contribution in [0, 0.1) is 11.7 Å². The van der Waals surface area contributed by atoms with Gasteiger partial charge in [-0.1, -0.05) is 15.9 Å². The third-order valence-corrected chi connectivity index (χ3v) is 4.15. The quantitative estimate of drug-likeness (QED) is 0.793. The van der Waals surface area contributed by atoms with E-state index < -0.39 is 30.2 Å². The average molecular weight is 387 g/mol. The van der Waals surface area contributed by atoms with E-state index in [0.29, 0.717) is 23.9 Å². The zero-order valence-electron chi connectivity index (χ0n) is 12.3. The third kappa shape index (κ3) is 4.51. The fourth-order valence-corrected chi connectivity index (χ4v) is 2.72. The number of benzene rings is 1. The summed E-state index contributed by atoms with van der Waals surface area (Å²) in [5.41, 5.74) is 5.01. The average Bonchev–Trinajstić information content (AvgIpc) is 2.52. The van der Waals surface area contributed by atoms with Crippen LogP contribution in [0.5, 0.6) is 0 Å². The molecule has 2 rings (SSSR count). The van der Waals surface area contributed by atoms with Crippen molar-refractivity contribution in [3.63, 3.8) is 0 Å². The van der Waals surface area contributed by atoms with E-state index in [1.165, 1.54) is 17.0 Å². The first-order valence-electron chi connectivity index (χ1n) is 7.07. The number of carbonyl (C=O) groups excluding carboxylic acids is 3. The summed E-state index contributed by atoms with van der Waals surface area (Å²) in [5, 5.41) is 0. The van der Waals surface area contributed by atoms with E-state index in [2.05, 4.69) is 15.9 Å². The Kier molecular flexibility index (Phi) is 5.70. The molecule has 1 aliphatic rings. The highest BCUT2D eigenvalue weighted by Crippen LogP contribution is 2.18. The number of rotatable bonds is 4. The Morgan fingerprint density at radius 1 is 1.39 bits per heavy atom. The van der Waals surface area contributed by atoms with Crippen LogP contribution in [-0.4, -0.2) is 42.4 Å². The molecule has 1 atom stereocenters. The molecule has 1 aliphatic heterocycles. The van der Waals surface area contributed by atoms with Crippen molar-refractivity contribution in [2.24, 2.45) is 11.7 Å². The Balaban J connectivity index is 1.91. The van der Waals surface area contributed by atoms with Gasteiger partial charge in [0.05, 0.1) is 11.5 Å². The van der Waals surface area contributed by atoms with E-state index in [4.69, 9.17) is 10.5 Å². The Morgan fingerprint density at radius 3 is 2.78 bits per heavy atom. The zero-order chi connectivity index (χ0) is 17.0. The van der Waals surface area contributed by atoms with E-state index in [1.807, 2.05) is 0 Å². The number of amides is 2. The van der Waals surface area contributed by atoms with Crippen molar-refractivity contribution < 1.29 is 23.5 Å². The Hall–Kier alpha value is -1.96. The number of nitrogens with zero attached hydrogens (tertiary/aromatic N) is 1. The minimum atomic E-state index is -0.910. The second kappa shape index (κ2) is 7.54. The summed E-state index contributed by atoms with van der Waals surface area (Å²) in [7, 11) is 0.